The molecule has 1 atom stereocenters. The molecule has 8 nitrogen and oxygen atoms in total. The van der Waals surface area contributed by atoms with E-state index < -0.39 is 17.2 Å². The number of Topliss-reactive ketones (excluding diaryl/α,β-unsaturated/α-hetero) is 1. The molecule has 0 unspecified atom stereocenters. The van der Waals surface area contributed by atoms with E-state index in [2.05, 4.69) is 0 Å². The van der Waals surface area contributed by atoms with Gasteiger partial charge in [0, 0.05) is 24.2 Å². The molecule has 0 aliphatic carbocycles. The van der Waals surface area contributed by atoms with Crippen molar-refractivity contribution in [3.8, 4) is 5.75 Å². The van der Waals surface area contributed by atoms with E-state index >= 15 is 0 Å². The van der Waals surface area contributed by atoms with E-state index in [-0.39, 0.29) is 23.8 Å². The lowest BCUT2D eigenvalue weighted by Gasteiger charge is -2.34. The Morgan fingerprint density at radius 3 is 2.33 bits per heavy atom. The molecule has 4 rings (SSSR count). The van der Waals surface area contributed by atoms with E-state index in [1.807, 2.05) is 45.0 Å². The van der Waals surface area contributed by atoms with Gasteiger partial charge in [-0.3, -0.25) is 14.4 Å². The molecular formula is C28H33N3O5. The van der Waals surface area contributed by atoms with Gasteiger partial charge in [-0.1, -0.05) is 25.1 Å². The van der Waals surface area contributed by atoms with Crippen LogP contribution >= 0.6 is 0 Å². The van der Waals surface area contributed by atoms with Gasteiger partial charge in [0.2, 0.25) is 0 Å². The van der Waals surface area contributed by atoms with Gasteiger partial charge in [-0.2, -0.15) is 0 Å². The lowest BCUT2D eigenvalue weighted by Crippen LogP contribution is -2.52. The summed E-state index contributed by atoms with van der Waals surface area (Å²) in [4.78, 5) is 46.3. The van der Waals surface area contributed by atoms with E-state index in [1.54, 1.807) is 41.3 Å². The van der Waals surface area contributed by atoms with Crippen molar-refractivity contribution in [1.29, 1.82) is 0 Å². The molecule has 1 saturated heterocycles. The number of anilines is 1. The number of aliphatic hydroxyl groups excluding tert-OH is 1. The van der Waals surface area contributed by atoms with Crippen molar-refractivity contribution in [2.24, 2.45) is 0 Å². The van der Waals surface area contributed by atoms with Crippen LogP contribution in [-0.2, 0) is 19.9 Å². The van der Waals surface area contributed by atoms with Crippen LogP contribution in [0.15, 0.2) is 54.1 Å². The van der Waals surface area contributed by atoms with Crippen molar-refractivity contribution in [1.82, 2.24) is 9.80 Å². The van der Waals surface area contributed by atoms with E-state index in [9.17, 15) is 19.5 Å². The van der Waals surface area contributed by atoms with E-state index in [4.69, 9.17) is 4.74 Å². The molecule has 2 aliphatic heterocycles. The van der Waals surface area contributed by atoms with Gasteiger partial charge < -0.3 is 24.5 Å². The molecule has 2 aromatic carbocycles. The van der Waals surface area contributed by atoms with Crippen LogP contribution in [0.1, 0.15) is 37.8 Å². The molecule has 1 N–H and O–H groups in total. The number of para-hydroxylation sites is 1. The number of benzene rings is 2. The van der Waals surface area contributed by atoms with Gasteiger partial charge >= 0.3 is 0 Å². The molecule has 0 bridgehead atoms. The van der Waals surface area contributed by atoms with Crippen LogP contribution in [0.25, 0.3) is 5.76 Å². The Balaban J connectivity index is 1.95. The number of hydrogen-bond donors (Lipinski definition) is 1. The van der Waals surface area contributed by atoms with Gasteiger partial charge in [0.1, 0.15) is 11.5 Å². The zero-order valence-corrected chi connectivity index (χ0v) is 21.3. The third-order valence-corrected chi connectivity index (χ3v) is 6.68. The van der Waals surface area contributed by atoms with Crippen LogP contribution in [0, 0.1) is 0 Å². The zero-order chi connectivity index (χ0) is 26.0. The van der Waals surface area contributed by atoms with E-state index in [1.165, 1.54) is 4.90 Å². The van der Waals surface area contributed by atoms with Crippen molar-refractivity contribution < 1.29 is 24.2 Å². The number of likely N-dealkylation sites (tertiary alicyclic amines) is 1. The summed E-state index contributed by atoms with van der Waals surface area (Å²) in [5.41, 5.74) is -0.364. The van der Waals surface area contributed by atoms with Crippen LogP contribution in [0.3, 0.4) is 0 Å². The number of fused-ring (bicyclic) bond motifs is 2. The van der Waals surface area contributed by atoms with Crippen LogP contribution in [0.5, 0.6) is 5.75 Å². The Labute approximate surface area is 211 Å². The minimum atomic E-state index is -1.71. The number of ether oxygens (including phenoxy) is 1. The summed E-state index contributed by atoms with van der Waals surface area (Å²) in [5, 5.41) is 11.5. The highest BCUT2D eigenvalue weighted by atomic mass is 16.5. The summed E-state index contributed by atoms with van der Waals surface area (Å²) in [6, 6.07) is 13.9. The molecule has 1 spiro atoms. The molecule has 2 aromatic rings. The molecule has 36 heavy (non-hydrogen) atoms. The molecule has 2 amide bonds. The van der Waals surface area contributed by atoms with Crippen LogP contribution < -0.4 is 9.64 Å². The first-order valence-electron chi connectivity index (χ1n) is 12.4. The average molecular weight is 492 g/mol. The predicted molar refractivity (Wildman–Crippen MR) is 138 cm³/mol. The Bertz CT molecular complexity index is 1200. The highest BCUT2D eigenvalue weighted by molar-refractivity contribution is 6.50. The quantitative estimate of drug-likeness (QED) is 0.329. The molecule has 2 heterocycles. The zero-order valence-electron chi connectivity index (χ0n) is 21.3. The largest absolute Gasteiger partial charge is 0.507 e. The second-order valence-corrected chi connectivity index (χ2v) is 9.31. The smallest absolute Gasteiger partial charge is 0.296 e. The maximum absolute atomic E-state index is 14.3. The number of ketones is 1. The monoisotopic (exact) mass is 491 g/mol. The molecule has 1 fully saturated rings. The number of carbonyl (C=O) groups is 3. The van der Waals surface area contributed by atoms with Gasteiger partial charge in [-0.15, -0.1) is 0 Å². The number of amides is 2. The topological polar surface area (TPSA) is 90.4 Å². The first-order chi connectivity index (χ1) is 17.3. The first-order valence-corrected chi connectivity index (χ1v) is 12.4. The van der Waals surface area contributed by atoms with Crippen molar-refractivity contribution in [3.05, 3.63) is 65.2 Å². The first kappa shape index (κ1) is 25.4. The molecular weight excluding hydrogens is 458 g/mol. The third kappa shape index (κ3) is 3.95. The summed E-state index contributed by atoms with van der Waals surface area (Å²) in [7, 11) is 3.85. The maximum atomic E-state index is 14.3. The fourth-order valence-electron chi connectivity index (χ4n) is 5.18. The fourth-order valence-corrected chi connectivity index (χ4v) is 5.18. The van der Waals surface area contributed by atoms with Crippen molar-refractivity contribution in [2.45, 2.75) is 32.2 Å². The number of aliphatic hydroxyl groups is 1. The van der Waals surface area contributed by atoms with Crippen LogP contribution in [0.2, 0.25) is 0 Å². The summed E-state index contributed by atoms with van der Waals surface area (Å²) < 4.78 is 5.49. The van der Waals surface area contributed by atoms with Gasteiger partial charge in [0.15, 0.2) is 5.54 Å². The Kier molecular flexibility index (Phi) is 7.17. The molecule has 8 heteroatoms. The number of carbonyl (C=O) groups excluding carboxylic acids is 3. The summed E-state index contributed by atoms with van der Waals surface area (Å²) in [5.74, 6) is -1.77. The number of rotatable bonds is 9. The SMILES string of the molecule is CCCN1C(=O)[C@@]2(C(=C(O)c3ccc(OCC)cc3)C(=O)C(=O)N2CCCN(C)C)c2ccccc21. The van der Waals surface area contributed by atoms with Gasteiger partial charge in [0.05, 0.1) is 17.9 Å². The summed E-state index contributed by atoms with van der Waals surface area (Å²) in [6.07, 6.45) is 1.26. The third-order valence-electron chi connectivity index (χ3n) is 6.68. The Morgan fingerprint density at radius 1 is 1.00 bits per heavy atom. The van der Waals surface area contributed by atoms with E-state index in [0.717, 1.165) is 0 Å². The van der Waals surface area contributed by atoms with Crippen molar-refractivity contribution >= 4 is 29.0 Å². The van der Waals surface area contributed by atoms with Gasteiger partial charge in [-0.05, 0) is 70.7 Å². The number of nitrogens with zero attached hydrogens (tertiary/aromatic N) is 3. The van der Waals surface area contributed by atoms with Crippen molar-refractivity contribution in [3.63, 3.8) is 0 Å². The highest BCUT2D eigenvalue weighted by Crippen LogP contribution is 2.53. The Morgan fingerprint density at radius 2 is 1.69 bits per heavy atom. The molecule has 190 valence electrons. The minimum Gasteiger partial charge on any atom is -0.507 e. The van der Waals surface area contributed by atoms with Crippen molar-refractivity contribution in [2.75, 3.05) is 45.2 Å². The predicted octanol–water partition coefficient (Wildman–Crippen LogP) is 3.37. The second kappa shape index (κ2) is 10.1. The lowest BCUT2D eigenvalue weighted by molar-refractivity contribution is -0.143. The Hall–Kier alpha value is -3.65. The molecule has 0 radical (unpaired) electrons. The minimum absolute atomic E-state index is 0.183. The lowest BCUT2D eigenvalue weighted by atomic mass is 9.82. The van der Waals surface area contributed by atoms with Gasteiger partial charge in [0.25, 0.3) is 17.6 Å². The van der Waals surface area contributed by atoms with Crippen LogP contribution in [0.4, 0.5) is 5.69 Å². The fraction of sp³-hybridized carbons (Fsp3) is 0.393. The highest BCUT2D eigenvalue weighted by Gasteiger charge is 2.66. The maximum Gasteiger partial charge on any atom is 0.296 e. The molecule has 0 saturated carbocycles. The van der Waals surface area contributed by atoms with Crippen LogP contribution in [-0.4, -0.2) is 72.8 Å². The second-order valence-electron chi connectivity index (χ2n) is 9.31. The van der Waals surface area contributed by atoms with Gasteiger partial charge in [-0.25, -0.2) is 0 Å². The molecule has 2 aliphatic rings. The van der Waals surface area contributed by atoms with E-state index in [0.29, 0.717) is 55.1 Å². The number of hydrogen-bond acceptors (Lipinski definition) is 6. The normalized spacial score (nSPS) is 20.6. The summed E-state index contributed by atoms with van der Waals surface area (Å²) >= 11 is 0. The molecule has 0 aromatic heterocycles. The average Bonchev–Trinajstić information content (AvgIpc) is 3.23. The standard InChI is InChI=1S/C28H33N3O5/c1-5-16-30-22-11-8-7-10-21(22)28(27(30)35)23(24(32)19-12-14-20(15-13-19)36-6-2)25(33)26(34)31(28)18-9-17-29(3)4/h7-8,10-15,32H,5-6,9,16-18H2,1-4H3/t28-/m0/s1. The summed E-state index contributed by atoms with van der Waals surface area (Å²) in [6.45, 7) is 5.63.